The fourth-order valence-electron chi connectivity index (χ4n) is 0.107. The summed E-state index contributed by atoms with van der Waals surface area (Å²) in [6.45, 7) is 0. The van der Waals surface area contributed by atoms with Gasteiger partial charge in [0.05, 0.1) is 0 Å². The predicted octanol–water partition coefficient (Wildman–Crippen LogP) is 2.16. The Kier molecular flexibility index (Phi) is 7.34. The molecular formula is C3H6Cl4O. The molecule has 5 heteroatoms. The van der Waals surface area contributed by atoms with Crippen LogP contribution in [-0.4, -0.2) is 15.1 Å². The molecule has 0 amide bonds. The molecule has 0 spiro atoms. The maximum Gasteiger partial charge on any atom is 0.191 e. The molecule has 0 aromatic carbocycles. The van der Waals surface area contributed by atoms with Crippen molar-refractivity contribution in [3.8, 4) is 0 Å². The number of halogens is 4. The molecule has 0 rings (SSSR count). The molecule has 0 aliphatic rings. The van der Waals surface area contributed by atoms with Gasteiger partial charge in [0.15, 0.2) is 3.79 Å². The lowest BCUT2D eigenvalue weighted by Gasteiger charge is -2.04. The largest absolute Gasteiger partial charge is 0.412 e. The monoisotopic (exact) mass is 198 g/mol. The lowest BCUT2D eigenvalue weighted by atomic mass is 10.6. The highest BCUT2D eigenvalue weighted by Crippen LogP contribution is 2.29. The number of hydrogen-bond acceptors (Lipinski definition) is 0. The van der Waals surface area contributed by atoms with Crippen LogP contribution in [0.5, 0.6) is 0 Å². The maximum atomic E-state index is 5.28. The molecule has 0 aliphatic carbocycles. The summed E-state index contributed by atoms with van der Waals surface area (Å²) in [5, 5.41) is 0. The van der Waals surface area contributed by atoms with E-state index < -0.39 is 3.79 Å². The van der Waals surface area contributed by atoms with Gasteiger partial charge in [-0.2, -0.15) is 0 Å². The molecule has 8 heavy (non-hydrogen) atoms. The molecule has 0 aliphatic heterocycles. The van der Waals surface area contributed by atoms with E-state index >= 15 is 0 Å². The lowest BCUT2D eigenvalue weighted by molar-refractivity contribution is 0.824. The summed E-state index contributed by atoms with van der Waals surface area (Å²) in [6.07, 6.45) is 0.402. The average Bonchev–Trinajstić information content (AvgIpc) is 1.30. The first kappa shape index (κ1) is 11.9. The highest BCUT2D eigenvalue weighted by atomic mass is 35.6. The summed E-state index contributed by atoms with van der Waals surface area (Å²) in [5.74, 6) is 0.385. The van der Waals surface area contributed by atoms with E-state index in [2.05, 4.69) is 0 Å². The Morgan fingerprint density at radius 3 is 1.50 bits per heavy atom. The molecule has 0 saturated heterocycles. The van der Waals surface area contributed by atoms with Crippen molar-refractivity contribution in [3.05, 3.63) is 0 Å². The van der Waals surface area contributed by atoms with Gasteiger partial charge in [-0.3, -0.25) is 0 Å². The fourth-order valence-corrected chi connectivity index (χ4v) is 0.964. The Morgan fingerprint density at radius 1 is 1.12 bits per heavy atom. The quantitative estimate of drug-likeness (QED) is 0.580. The predicted molar refractivity (Wildman–Crippen MR) is 39.2 cm³/mol. The third kappa shape index (κ3) is 10.2. The van der Waals surface area contributed by atoms with Gasteiger partial charge in [-0.15, -0.1) is 11.6 Å². The van der Waals surface area contributed by atoms with Crippen molar-refractivity contribution in [1.29, 1.82) is 0 Å². The van der Waals surface area contributed by atoms with Crippen LogP contribution in [-0.2, 0) is 0 Å². The molecule has 0 aromatic heterocycles. The highest BCUT2D eigenvalue weighted by molar-refractivity contribution is 6.67. The molecule has 0 bridgehead atoms. The number of alkyl halides is 4. The molecule has 2 N–H and O–H groups in total. The molecule has 52 valence electrons. The zero-order valence-corrected chi connectivity index (χ0v) is 6.95. The first-order valence-electron chi connectivity index (χ1n) is 1.69. The van der Waals surface area contributed by atoms with E-state index in [0.717, 1.165) is 0 Å². The molecule has 1 nitrogen and oxygen atoms in total. The van der Waals surface area contributed by atoms with Crippen LogP contribution in [0.4, 0.5) is 0 Å². The van der Waals surface area contributed by atoms with E-state index in [1.807, 2.05) is 0 Å². The van der Waals surface area contributed by atoms with Gasteiger partial charge in [0, 0.05) is 12.3 Å². The first-order chi connectivity index (χ1) is 3.06. The third-order valence-electron chi connectivity index (χ3n) is 0.378. The van der Waals surface area contributed by atoms with Crippen LogP contribution in [0.3, 0.4) is 0 Å². The van der Waals surface area contributed by atoms with Crippen LogP contribution < -0.4 is 0 Å². The Balaban J connectivity index is 0. The molecule has 0 fully saturated rings. The topological polar surface area (TPSA) is 31.5 Å². The smallest absolute Gasteiger partial charge is 0.191 e. The summed E-state index contributed by atoms with van der Waals surface area (Å²) in [6, 6.07) is 0. The molecule has 0 heterocycles. The van der Waals surface area contributed by atoms with E-state index in [0.29, 0.717) is 12.3 Å². The van der Waals surface area contributed by atoms with Crippen LogP contribution in [0.15, 0.2) is 0 Å². The SMILES string of the molecule is ClCCC(Cl)(Cl)Cl.O. The van der Waals surface area contributed by atoms with Crippen LogP contribution in [0.25, 0.3) is 0 Å². The van der Waals surface area contributed by atoms with Gasteiger partial charge in [0.25, 0.3) is 0 Å². The number of rotatable bonds is 1. The molecule has 0 saturated carbocycles. The summed E-state index contributed by atoms with van der Waals surface area (Å²) in [4.78, 5) is 0. The Hall–Kier alpha value is 1.12. The van der Waals surface area contributed by atoms with Gasteiger partial charge in [0.2, 0.25) is 0 Å². The summed E-state index contributed by atoms with van der Waals surface area (Å²) >= 11 is 21.1. The van der Waals surface area contributed by atoms with Crippen molar-refractivity contribution in [2.24, 2.45) is 0 Å². The third-order valence-corrected chi connectivity index (χ3v) is 1.13. The van der Waals surface area contributed by atoms with Gasteiger partial charge < -0.3 is 5.48 Å². The van der Waals surface area contributed by atoms with E-state index in [9.17, 15) is 0 Å². The highest BCUT2D eigenvalue weighted by Gasteiger charge is 2.17. The second-order valence-electron chi connectivity index (χ2n) is 1.05. The first-order valence-corrected chi connectivity index (χ1v) is 3.36. The van der Waals surface area contributed by atoms with Crippen LogP contribution >= 0.6 is 46.4 Å². The molecule has 0 aromatic rings. The van der Waals surface area contributed by atoms with E-state index in [4.69, 9.17) is 46.4 Å². The van der Waals surface area contributed by atoms with Gasteiger partial charge in [-0.25, -0.2) is 0 Å². The summed E-state index contributed by atoms with van der Waals surface area (Å²) < 4.78 is -1.16. The van der Waals surface area contributed by atoms with Gasteiger partial charge in [-0.05, 0) is 0 Å². The fraction of sp³-hybridized carbons (Fsp3) is 1.00. The van der Waals surface area contributed by atoms with Gasteiger partial charge in [-0.1, -0.05) is 34.8 Å². The van der Waals surface area contributed by atoms with Gasteiger partial charge in [0.1, 0.15) is 0 Å². The second-order valence-corrected chi connectivity index (χ2v) is 3.95. The number of hydrogen-bond donors (Lipinski definition) is 0. The van der Waals surface area contributed by atoms with Crippen molar-refractivity contribution in [2.75, 3.05) is 5.88 Å². The molecule has 0 unspecified atom stereocenters. The van der Waals surface area contributed by atoms with Crippen molar-refractivity contribution in [1.82, 2.24) is 0 Å². The molecule has 0 atom stereocenters. The zero-order valence-electron chi connectivity index (χ0n) is 3.93. The minimum atomic E-state index is -1.16. The van der Waals surface area contributed by atoms with E-state index in [-0.39, 0.29) is 5.48 Å². The molecule has 0 radical (unpaired) electrons. The van der Waals surface area contributed by atoms with Crippen molar-refractivity contribution < 1.29 is 5.48 Å². The zero-order chi connectivity index (χ0) is 5.91. The minimum absolute atomic E-state index is 0. The Morgan fingerprint density at radius 2 is 1.50 bits per heavy atom. The summed E-state index contributed by atoms with van der Waals surface area (Å²) in [5.41, 5.74) is 0. The Bertz CT molecular complexity index is 49.7. The van der Waals surface area contributed by atoms with E-state index in [1.165, 1.54) is 0 Å². The lowest BCUT2D eigenvalue weighted by Crippen LogP contribution is -2.01. The maximum absolute atomic E-state index is 5.28. The average molecular weight is 200 g/mol. The minimum Gasteiger partial charge on any atom is -0.412 e. The van der Waals surface area contributed by atoms with Crippen LogP contribution in [0.1, 0.15) is 6.42 Å². The summed E-state index contributed by atoms with van der Waals surface area (Å²) in [7, 11) is 0. The van der Waals surface area contributed by atoms with Crippen molar-refractivity contribution in [3.63, 3.8) is 0 Å². The Labute approximate surface area is 68.2 Å². The molecular weight excluding hydrogens is 194 g/mol. The van der Waals surface area contributed by atoms with Crippen LogP contribution in [0, 0.1) is 0 Å². The second kappa shape index (κ2) is 4.95. The van der Waals surface area contributed by atoms with E-state index in [1.54, 1.807) is 0 Å². The normalized spacial score (nSPS) is 10.5. The van der Waals surface area contributed by atoms with Crippen molar-refractivity contribution >= 4 is 46.4 Å². The standard InChI is InChI=1S/C3H4Cl4.H2O/c4-2-1-3(5,6)7;/h1-2H2;1H2. The van der Waals surface area contributed by atoms with Crippen molar-refractivity contribution in [2.45, 2.75) is 10.2 Å². The van der Waals surface area contributed by atoms with Gasteiger partial charge >= 0.3 is 0 Å². The van der Waals surface area contributed by atoms with Crippen LogP contribution in [0.2, 0.25) is 0 Å².